The van der Waals surface area contributed by atoms with Crippen LogP contribution in [-0.2, 0) is 0 Å². The van der Waals surface area contributed by atoms with Crippen molar-refractivity contribution in [2.75, 3.05) is 28.4 Å². The number of aryl methyl sites for hydroxylation is 1. The first-order chi connectivity index (χ1) is 17.8. The molecule has 0 bridgehead atoms. The molecular weight excluding hydrogens is 470 g/mol. The van der Waals surface area contributed by atoms with Crippen molar-refractivity contribution in [3.8, 4) is 34.4 Å². The smallest absolute Gasteiger partial charge is 0.282 e. The third kappa shape index (κ3) is 4.87. The summed E-state index contributed by atoms with van der Waals surface area (Å²) in [5.74, 6) is 2.99. The van der Waals surface area contributed by atoms with E-state index in [1.54, 1.807) is 52.9 Å². The Balaban J connectivity index is 1.99. The summed E-state index contributed by atoms with van der Waals surface area (Å²) in [5, 5.41) is 5.08. The fraction of sp³-hybridized carbons (Fsp3) is 0.276. The molecule has 4 rings (SSSR count). The topological polar surface area (TPSA) is 84.2 Å². The molecule has 0 aliphatic carbocycles. The SMILES string of the molecule is COc1cc(OC)c(OC)cc1C=Nn1c(-c2cc(C(C)C)c(OC)cc2C)nc2ccccc2c1=O. The molecule has 1 aromatic heterocycles. The van der Waals surface area contributed by atoms with Crippen molar-refractivity contribution in [3.05, 3.63) is 75.6 Å². The zero-order chi connectivity index (χ0) is 26.7. The highest BCUT2D eigenvalue weighted by Crippen LogP contribution is 2.35. The first kappa shape index (κ1) is 25.8. The Morgan fingerprint density at radius 1 is 0.865 bits per heavy atom. The van der Waals surface area contributed by atoms with Crippen LogP contribution in [0.4, 0.5) is 0 Å². The molecule has 0 spiro atoms. The Labute approximate surface area is 216 Å². The molecule has 4 aromatic rings. The minimum Gasteiger partial charge on any atom is -0.496 e. The Morgan fingerprint density at radius 3 is 2.16 bits per heavy atom. The van der Waals surface area contributed by atoms with Gasteiger partial charge in [0.25, 0.3) is 5.56 Å². The number of fused-ring (bicyclic) bond motifs is 1. The number of aromatic nitrogens is 2. The van der Waals surface area contributed by atoms with E-state index in [1.165, 1.54) is 4.68 Å². The lowest BCUT2D eigenvalue weighted by molar-refractivity contribution is 0.349. The van der Waals surface area contributed by atoms with Crippen LogP contribution >= 0.6 is 0 Å². The molecule has 8 nitrogen and oxygen atoms in total. The molecule has 0 unspecified atom stereocenters. The van der Waals surface area contributed by atoms with E-state index in [0.717, 1.165) is 22.4 Å². The van der Waals surface area contributed by atoms with Crippen molar-refractivity contribution in [1.29, 1.82) is 0 Å². The van der Waals surface area contributed by atoms with E-state index >= 15 is 0 Å². The van der Waals surface area contributed by atoms with Crippen LogP contribution in [0.5, 0.6) is 23.0 Å². The molecule has 3 aromatic carbocycles. The average molecular weight is 502 g/mol. The number of hydrogen-bond acceptors (Lipinski definition) is 7. The molecule has 0 aliphatic rings. The summed E-state index contributed by atoms with van der Waals surface area (Å²) in [5.41, 5.74) is 3.65. The van der Waals surface area contributed by atoms with Crippen molar-refractivity contribution < 1.29 is 18.9 Å². The standard InChI is InChI=1S/C29H31N3O5/c1-17(2)21-14-22(18(3)12-25(21)35-5)28-31-23-11-9-8-10-20(23)29(33)32(28)30-16-19-13-26(36-6)27(37-7)15-24(19)34-4/h8-17H,1-7H3. The number of rotatable bonds is 8. The maximum Gasteiger partial charge on any atom is 0.282 e. The molecule has 0 atom stereocenters. The molecule has 0 saturated heterocycles. The quantitative estimate of drug-likeness (QED) is 0.300. The average Bonchev–Trinajstić information content (AvgIpc) is 2.91. The van der Waals surface area contributed by atoms with Gasteiger partial charge in [0, 0.05) is 17.2 Å². The van der Waals surface area contributed by atoms with E-state index in [2.05, 4.69) is 18.9 Å². The number of ether oxygens (including phenoxy) is 4. The molecule has 37 heavy (non-hydrogen) atoms. The highest BCUT2D eigenvalue weighted by molar-refractivity contribution is 5.86. The summed E-state index contributed by atoms with van der Waals surface area (Å²) in [6.07, 6.45) is 1.56. The Bertz CT molecular complexity index is 1540. The predicted octanol–water partition coefficient (Wildman–Crippen LogP) is 5.41. The fourth-order valence-electron chi connectivity index (χ4n) is 4.25. The van der Waals surface area contributed by atoms with Gasteiger partial charge >= 0.3 is 0 Å². The zero-order valence-electron chi connectivity index (χ0n) is 22.2. The molecule has 8 heteroatoms. The fourth-order valence-corrected chi connectivity index (χ4v) is 4.25. The molecule has 0 aliphatic heterocycles. The summed E-state index contributed by atoms with van der Waals surface area (Å²) < 4.78 is 23.3. The largest absolute Gasteiger partial charge is 0.496 e. The lowest BCUT2D eigenvalue weighted by atomic mass is 9.96. The van der Waals surface area contributed by atoms with Gasteiger partial charge in [-0.25, -0.2) is 4.98 Å². The van der Waals surface area contributed by atoms with Crippen molar-refractivity contribution in [1.82, 2.24) is 9.66 Å². The number of para-hydroxylation sites is 1. The van der Waals surface area contributed by atoms with Gasteiger partial charge in [-0.05, 0) is 54.3 Å². The van der Waals surface area contributed by atoms with Crippen LogP contribution in [0.25, 0.3) is 22.3 Å². The van der Waals surface area contributed by atoms with Gasteiger partial charge in [-0.3, -0.25) is 4.79 Å². The number of nitrogens with zero attached hydrogens (tertiary/aromatic N) is 3. The van der Waals surface area contributed by atoms with Crippen LogP contribution in [0.1, 0.15) is 36.5 Å². The van der Waals surface area contributed by atoms with E-state index in [0.29, 0.717) is 39.5 Å². The summed E-state index contributed by atoms with van der Waals surface area (Å²) >= 11 is 0. The molecule has 1 heterocycles. The molecule has 0 N–H and O–H groups in total. The normalized spacial score (nSPS) is 11.4. The van der Waals surface area contributed by atoms with Gasteiger partial charge in [-0.2, -0.15) is 9.78 Å². The van der Waals surface area contributed by atoms with Crippen LogP contribution in [0.2, 0.25) is 0 Å². The number of benzene rings is 3. The maximum absolute atomic E-state index is 13.7. The predicted molar refractivity (Wildman–Crippen MR) is 146 cm³/mol. The Kier molecular flexibility index (Phi) is 7.47. The minimum absolute atomic E-state index is 0.203. The van der Waals surface area contributed by atoms with Gasteiger partial charge in [0.15, 0.2) is 17.3 Å². The minimum atomic E-state index is -0.280. The molecular formula is C29H31N3O5. The van der Waals surface area contributed by atoms with E-state index < -0.39 is 0 Å². The monoisotopic (exact) mass is 501 g/mol. The van der Waals surface area contributed by atoms with Crippen LogP contribution in [-0.4, -0.2) is 44.3 Å². The highest BCUT2D eigenvalue weighted by Gasteiger charge is 2.19. The highest BCUT2D eigenvalue weighted by atomic mass is 16.5. The van der Waals surface area contributed by atoms with Crippen molar-refractivity contribution >= 4 is 17.1 Å². The van der Waals surface area contributed by atoms with Crippen LogP contribution < -0.4 is 24.5 Å². The van der Waals surface area contributed by atoms with Crippen LogP contribution in [0.15, 0.2) is 58.4 Å². The zero-order valence-corrected chi connectivity index (χ0v) is 22.2. The Morgan fingerprint density at radius 2 is 1.51 bits per heavy atom. The summed E-state index contributed by atoms with van der Waals surface area (Å²) in [6, 6.07) is 14.7. The molecule has 0 amide bonds. The van der Waals surface area contributed by atoms with E-state index in [-0.39, 0.29) is 11.5 Å². The summed E-state index contributed by atoms with van der Waals surface area (Å²) in [7, 11) is 6.33. The number of hydrogen-bond donors (Lipinski definition) is 0. The van der Waals surface area contributed by atoms with Crippen molar-refractivity contribution in [2.45, 2.75) is 26.7 Å². The summed E-state index contributed by atoms with van der Waals surface area (Å²) in [6.45, 7) is 6.16. The van der Waals surface area contributed by atoms with E-state index in [1.807, 2.05) is 37.3 Å². The molecule has 0 saturated carbocycles. The van der Waals surface area contributed by atoms with Gasteiger partial charge in [-0.15, -0.1) is 0 Å². The summed E-state index contributed by atoms with van der Waals surface area (Å²) in [4.78, 5) is 18.6. The van der Waals surface area contributed by atoms with Crippen molar-refractivity contribution in [3.63, 3.8) is 0 Å². The van der Waals surface area contributed by atoms with Crippen LogP contribution in [0, 0.1) is 6.92 Å². The second-order valence-corrected chi connectivity index (χ2v) is 8.83. The van der Waals surface area contributed by atoms with Gasteiger partial charge in [-0.1, -0.05) is 26.0 Å². The second-order valence-electron chi connectivity index (χ2n) is 8.83. The third-order valence-electron chi connectivity index (χ3n) is 6.24. The first-order valence-electron chi connectivity index (χ1n) is 11.9. The van der Waals surface area contributed by atoms with E-state index in [4.69, 9.17) is 23.9 Å². The van der Waals surface area contributed by atoms with E-state index in [9.17, 15) is 4.79 Å². The molecule has 0 fully saturated rings. The molecule has 192 valence electrons. The lowest BCUT2D eigenvalue weighted by Crippen LogP contribution is -2.21. The van der Waals surface area contributed by atoms with Gasteiger partial charge < -0.3 is 18.9 Å². The maximum atomic E-state index is 13.7. The molecule has 0 radical (unpaired) electrons. The van der Waals surface area contributed by atoms with Gasteiger partial charge in [0.05, 0.1) is 45.6 Å². The third-order valence-corrected chi connectivity index (χ3v) is 6.24. The van der Waals surface area contributed by atoms with Gasteiger partial charge in [0.1, 0.15) is 11.5 Å². The second kappa shape index (κ2) is 10.7. The Hall–Kier alpha value is -4.33. The van der Waals surface area contributed by atoms with Gasteiger partial charge in [0.2, 0.25) is 0 Å². The number of methoxy groups -OCH3 is 4. The van der Waals surface area contributed by atoms with Crippen LogP contribution in [0.3, 0.4) is 0 Å². The lowest BCUT2D eigenvalue weighted by Gasteiger charge is -2.17. The first-order valence-corrected chi connectivity index (χ1v) is 11.9. The van der Waals surface area contributed by atoms with Crippen molar-refractivity contribution in [2.24, 2.45) is 5.10 Å².